The average Bonchev–Trinajstić information content (AvgIpc) is 3.22. The number of hydrogen-bond acceptors (Lipinski definition) is 6. The molecule has 1 fully saturated rings. The fourth-order valence-corrected chi connectivity index (χ4v) is 4.89. The molecule has 1 atom stereocenters. The van der Waals surface area contributed by atoms with Gasteiger partial charge in [0.15, 0.2) is 0 Å². The average molecular weight is 424 g/mol. The lowest BCUT2D eigenvalue weighted by molar-refractivity contribution is -0.122. The molecular weight excluding hydrogens is 398 g/mol. The van der Waals surface area contributed by atoms with Crippen molar-refractivity contribution < 1.29 is 14.3 Å². The summed E-state index contributed by atoms with van der Waals surface area (Å²) in [6.07, 6.45) is 2.19. The van der Waals surface area contributed by atoms with Gasteiger partial charge in [0.1, 0.15) is 0 Å². The summed E-state index contributed by atoms with van der Waals surface area (Å²) in [4.78, 5) is 31.0. The molecule has 156 valence electrons. The van der Waals surface area contributed by atoms with Gasteiger partial charge in [-0.05, 0) is 49.2 Å². The summed E-state index contributed by atoms with van der Waals surface area (Å²) in [5.41, 5.74) is 2.51. The fourth-order valence-electron chi connectivity index (χ4n) is 3.80. The Balaban J connectivity index is 1.29. The van der Waals surface area contributed by atoms with Gasteiger partial charge in [0.2, 0.25) is 5.91 Å². The SMILES string of the molecule is COC(=O)c1ccc(CNC(=O)CN2CCC[C@@H](c3nc4ccccc4s3)C2)cc1. The number of benzene rings is 2. The molecule has 1 aromatic heterocycles. The van der Waals surface area contributed by atoms with Crippen LogP contribution in [0.4, 0.5) is 0 Å². The van der Waals surface area contributed by atoms with E-state index in [0.717, 1.165) is 37.0 Å². The molecule has 2 heterocycles. The number of carbonyl (C=O) groups excluding carboxylic acids is 2. The third-order valence-corrected chi connectivity index (χ3v) is 6.60. The number of piperidine rings is 1. The lowest BCUT2D eigenvalue weighted by Crippen LogP contribution is -2.41. The van der Waals surface area contributed by atoms with Crippen LogP contribution in [-0.2, 0) is 16.1 Å². The van der Waals surface area contributed by atoms with Crippen LogP contribution < -0.4 is 5.32 Å². The molecule has 0 saturated carbocycles. The fraction of sp³-hybridized carbons (Fsp3) is 0.348. The number of fused-ring (bicyclic) bond motifs is 1. The third-order valence-electron chi connectivity index (χ3n) is 5.40. The monoisotopic (exact) mass is 423 g/mol. The van der Waals surface area contributed by atoms with Gasteiger partial charge in [-0.3, -0.25) is 9.69 Å². The maximum absolute atomic E-state index is 12.5. The number of nitrogens with one attached hydrogen (secondary N) is 1. The van der Waals surface area contributed by atoms with E-state index in [2.05, 4.69) is 22.3 Å². The molecule has 30 heavy (non-hydrogen) atoms. The predicted molar refractivity (Wildman–Crippen MR) is 118 cm³/mol. The Hall–Kier alpha value is -2.77. The normalized spacial score (nSPS) is 17.0. The number of methoxy groups -OCH3 is 1. The number of nitrogens with zero attached hydrogens (tertiary/aromatic N) is 2. The maximum atomic E-state index is 12.5. The molecule has 2 aromatic carbocycles. The van der Waals surface area contributed by atoms with Crippen LogP contribution in [0.1, 0.15) is 39.7 Å². The number of amides is 1. The minimum Gasteiger partial charge on any atom is -0.465 e. The molecule has 3 aromatic rings. The van der Waals surface area contributed by atoms with E-state index in [9.17, 15) is 9.59 Å². The summed E-state index contributed by atoms with van der Waals surface area (Å²) in [5.74, 6) is 0.0326. The van der Waals surface area contributed by atoms with Crippen molar-refractivity contribution in [1.82, 2.24) is 15.2 Å². The number of likely N-dealkylation sites (tertiary alicyclic amines) is 1. The first-order chi connectivity index (χ1) is 14.6. The molecule has 0 spiro atoms. The van der Waals surface area contributed by atoms with E-state index >= 15 is 0 Å². The minimum atomic E-state index is -0.363. The lowest BCUT2D eigenvalue weighted by Gasteiger charge is -2.31. The Kier molecular flexibility index (Phi) is 6.40. The summed E-state index contributed by atoms with van der Waals surface area (Å²) < 4.78 is 5.92. The summed E-state index contributed by atoms with van der Waals surface area (Å²) in [7, 11) is 1.36. The van der Waals surface area contributed by atoms with Gasteiger partial charge < -0.3 is 10.1 Å². The highest BCUT2D eigenvalue weighted by Gasteiger charge is 2.25. The van der Waals surface area contributed by atoms with Gasteiger partial charge in [0, 0.05) is 19.0 Å². The molecule has 7 heteroatoms. The van der Waals surface area contributed by atoms with Gasteiger partial charge in [-0.2, -0.15) is 0 Å². The van der Waals surface area contributed by atoms with Crippen LogP contribution in [0.5, 0.6) is 0 Å². The lowest BCUT2D eigenvalue weighted by atomic mass is 9.99. The zero-order valence-corrected chi connectivity index (χ0v) is 17.8. The van der Waals surface area contributed by atoms with Gasteiger partial charge in [-0.25, -0.2) is 9.78 Å². The first-order valence-electron chi connectivity index (χ1n) is 10.1. The van der Waals surface area contributed by atoms with E-state index in [-0.39, 0.29) is 11.9 Å². The van der Waals surface area contributed by atoms with Gasteiger partial charge in [0.25, 0.3) is 0 Å². The number of aromatic nitrogens is 1. The molecular formula is C23H25N3O3S. The van der Waals surface area contributed by atoms with Gasteiger partial charge >= 0.3 is 5.97 Å². The standard InChI is InChI=1S/C23H25N3O3S/c1-29-23(28)17-10-8-16(9-11-17)13-24-21(27)15-26-12-4-5-18(14-26)22-25-19-6-2-3-7-20(19)30-22/h2-3,6-11,18H,4-5,12-15H2,1H3,(H,24,27)/t18-/m1/s1. The summed E-state index contributed by atoms with van der Waals surface area (Å²) in [5, 5.41) is 4.15. The van der Waals surface area contributed by atoms with Crippen molar-refractivity contribution >= 4 is 33.4 Å². The van der Waals surface area contributed by atoms with Crippen molar-refractivity contribution in [3.63, 3.8) is 0 Å². The van der Waals surface area contributed by atoms with Crippen LogP contribution in [0.2, 0.25) is 0 Å². The molecule has 1 N–H and O–H groups in total. The van der Waals surface area contributed by atoms with Crippen molar-refractivity contribution in [2.75, 3.05) is 26.7 Å². The zero-order valence-electron chi connectivity index (χ0n) is 17.0. The Bertz CT molecular complexity index is 999. The van der Waals surface area contributed by atoms with Crippen molar-refractivity contribution in [2.24, 2.45) is 0 Å². The van der Waals surface area contributed by atoms with Crippen LogP contribution in [0.3, 0.4) is 0 Å². The Labute approximate surface area is 179 Å². The molecule has 0 aliphatic carbocycles. The van der Waals surface area contributed by atoms with Gasteiger partial charge in [-0.1, -0.05) is 24.3 Å². The molecule has 1 aliphatic rings. The first-order valence-corrected chi connectivity index (χ1v) is 11.0. The third kappa shape index (κ3) is 4.86. The largest absolute Gasteiger partial charge is 0.465 e. The second-order valence-corrected chi connectivity index (χ2v) is 8.62. The molecule has 1 aliphatic heterocycles. The molecule has 6 nitrogen and oxygen atoms in total. The van der Waals surface area contributed by atoms with Crippen LogP contribution >= 0.6 is 11.3 Å². The first kappa shape index (κ1) is 20.5. The summed E-state index contributed by atoms with van der Waals surface area (Å²) in [6, 6.07) is 15.3. The second kappa shape index (κ2) is 9.36. The van der Waals surface area contributed by atoms with Crippen molar-refractivity contribution in [1.29, 1.82) is 0 Å². The molecule has 1 amide bonds. The van der Waals surface area contributed by atoms with Crippen LogP contribution in [0.25, 0.3) is 10.2 Å². The molecule has 1 saturated heterocycles. The highest BCUT2D eigenvalue weighted by Crippen LogP contribution is 2.32. The summed E-state index contributed by atoms with van der Waals surface area (Å²) >= 11 is 1.77. The number of para-hydroxylation sites is 1. The van der Waals surface area contributed by atoms with Crippen molar-refractivity contribution in [2.45, 2.75) is 25.3 Å². The van der Waals surface area contributed by atoms with E-state index in [1.807, 2.05) is 24.3 Å². The van der Waals surface area contributed by atoms with E-state index in [1.165, 1.54) is 16.8 Å². The topological polar surface area (TPSA) is 71.5 Å². The van der Waals surface area contributed by atoms with Crippen molar-refractivity contribution in [3.05, 3.63) is 64.7 Å². The predicted octanol–water partition coefficient (Wildman–Crippen LogP) is 3.58. The van der Waals surface area contributed by atoms with E-state index in [1.54, 1.807) is 23.5 Å². The number of hydrogen-bond donors (Lipinski definition) is 1. The number of ether oxygens (including phenoxy) is 1. The quantitative estimate of drug-likeness (QED) is 0.614. The van der Waals surface area contributed by atoms with Crippen LogP contribution in [0.15, 0.2) is 48.5 Å². The van der Waals surface area contributed by atoms with E-state index in [0.29, 0.717) is 24.6 Å². The maximum Gasteiger partial charge on any atom is 0.337 e. The Morgan fingerprint density at radius 3 is 2.77 bits per heavy atom. The van der Waals surface area contributed by atoms with Crippen LogP contribution in [-0.4, -0.2) is 48.5 Å². The highest BCUT2D eigenvalue weighted by atomic mass is 32.1. The van der Waals surface area contributed by atoms with Gasteiger partial charge in [-0.15, -0.1) is 11.3 Å². The zero-order chi connectivity index (χ0) is 20.9. The van der Waals surface area contributed by atoms with Gasteiger partial charge in [0.05, 0.1) is 34.4 Å². The van der Waals surface area contributed by atoms with E-state index < -0.39 is 0 Å². The second-order valence-electron chi connectivity index (χ2n) is 7.56. The number of esters is 1. The van der Waals surface area contributed by atoms with Crippen molar-refractivity contribution in [3.8, 4) is 0 Å². The smallest absolute Gasteiger partial charge is 0.337 e. The number of carbonyl (C=O) groups is 2. The Morgan fingerprint density at radius 2 is 2.00 bits per heavy atom. The van der Waals surface area contributed by atoms with E-state index in [4.69, 9.17) is 9.72 Å². The minimum absolute atomic E-state index is 0.0111. The number of thiazole rings is 1. The van der Waals surface area contributed by atoms with Crippen LogP contribution in [0, 0.1) is 0 Å². The molecule has 0 radical (unpaired) electrons. The molecule has 0 unspecified atom stereocenters. The highest BCUT2D eigenvalue weighted by molar-refractivity contribution is 7.18. The molecule has 4 rings (SSSR count). The molecule has 0 bridgehead atoms. The summed E-state index contributed by atoms with van der Waals surface area (Å²) in [6.45, 7) is 2.63. The Morgan fingerprint density at radius 1 is 1.20 bits per heavy atom. The number of rotatable bonds is 6.